The van der Waals surface area contributed by atoms with E-state index in [4.69, 9.17) is 4.74 Å². The van der Waals surface area contributed by atoms with Crippen LogP contribution in [0.25, 0.3) is 0 Å². The van der Waals surface area contributed by atoms with Crippen LogP contribution in [0, 0.1) is 0 Å². The van der Waals surface area contributed by atoms with Gasteiger partial charge in [0, 0.05) is 6.54 Å². The number of amides is 1. The van der Waals surface area contributed by atoms with Crippen molar-refractivity contribution in [3.8, 4) is 5.75 Å². The van der Waals surface area contributed by atoms with Crippen LogP contribution in [0.2, 0.25) is 0 Å². The van der Waals surface area contributed by atoms with E-state index >= 15 is 0 Å². The minimum atomic E-state index is -0.745. The van der Waals surface area contributed by atoms with Crippen molar-refractivity contribution >= 4 is 11.6 Å². The number of ether oxygens (including phenoxy) is 1. The highest BCUT2D eigenvalue weighted by atomic mass is 16.5. The highest BCUT2D eigenvalue weighted by molar-refractivity contribution is 5.93. The summed E-state index contributed by atoms with van der Waals surface area (Å²) in [5.41, 5.74) is -0.104. The van der Waals surface area contributed by atoms with E-state index in [-0.39, 0.29) is 12.5 Å². The average molecular weight is 280 g/mol. The summed E-state index contributed by atoms with van der Waals surface area (Å²) in [4.78, 5) is 11.8. The van der Waals surface area contributed by atoms with Gasteiger partial charge >= 0.3 is 0 Å². The molecule has 1 aromatic rings. The molecule has 3 N–H and O–H groups in total. The number of methoxy groups -OCH3 is 1. The van der Waals surface area contributed by atoms with Gasteiger partial charge in [0.25, 0.3) is 0 Å². The quantitative estimate of drug-likeness (QED) is 0.679. The van der Waals surface area contributed by atoms with Gasteiger partial charge in [-0.25, -0.2) is 0 Å². The van der Waals surface area contributed by atoms with Crippen molar-refractivity contribution in [3.05, 3.63) is 24.3 Å². The molecule has 20 heavy (non-hydrogen) atoms. The van der Waals surface area contributed by atoms with Gasteiger partial charge in [-0.05, 0) is 25.0 Å². The van der Waals surface area contributed by atoms with E-state index in [9.17, 15) is 9.90 Å². The lowest BCUT2D eigenvalue weighted by Gasteiger charge is -2.25. The van der Waals surface area contributed by atoms with Gasteiger partial charge in [0.1, 0.15) is 5.75 Å². The molecule has 0 heterocycles. The zero-order valence-corrected chi connectivity index (χ0v) is 12.4. The van der Waals surface area contributed by atoms with Crippen molar-refractivity contribution in [3.63, 3.8) is 0 Å². The number of rotatable bonds is 8. The van der Waals surface area contributed by atoms with Gasteiger partial charge in [0.05, 0.1) is 24.9 Å². The number of nitrogens with one attached hydrogen (secondary N) is 2. The number of carbonyl (C=O) groups excluding carboxylic acids is 1. The molecule has 0 saturated heterocycles. The second-order valence-corrected chi connectivity index (χ2v) is 4.78. The van der Waals surface area contributed by atoms with Crippen LogP contribution in [0.3, 0.4) is 0 Å². The van der Waals surface area contributed by atoms with Crippen LogP contribution in [-0.4, -0.2) is 36.8 Å². The lowest BCUT2D eigenvalue weighted by molar-refractivity contribution is -0.115. The maximum absolute atomic E-state index is 11.8. The molecule has 0 bridgehead atoms. The Kier molecular flexibility index (Phi) is 6.48. The average Bonchev–Trinajstić information content (AvgIpc) is 2.47. The first kappa shape index (κ1) is 16.5. The lowest BCUT2D eigenvalue weighted by atomic mass is 9.98. The molecule has 0 atom stereocenters. The molecule has 1 rings (SSSR count). The Morgan fingerprint density at radius 3 is 2.55 bits per heavy atom. The summed E-state index contributed by atoms with van der Waals surface area (Å²) >= 11 is 0. The van der Waals surface area contributed by atoms with Crippen molar-refractivity contribution in [1.82, 2.24) is 5.32 Å². The number of benzene rings is 1. The summed E-state index contributed by atoms with van der Waals surface area (Å²) in [5, 5.41) is 15.9. The van der Waals surface area contributed by atoms with E-state index in [0.717, 1.165) is 0 Å². The summed E-state index contributed by atoms with van der Waals surface area (Å²) in [6, 6.07) is 7.24. The van der Waals surface area contributed by atoms with Crippen LogP contribution in [0.4, 0.5) is 5.69 Å². The molecule has 0 spiro atoms. The Labute approximate surface area is 120 Å². The first-order valence-electron chi connectivity index (χ1n) is 6.90. The lowest BCUT2D eigenvalue weighted by Crippen LogP contribution is -2.42. The summed E-state index contributed by atoms with van der Waals surface area (Å²) in [6.07, 6.45) is 1.31. The van der Waals surface area contributed by atoms with Crippen molar-refractivity contribution in [2.45, 2.75) is 32.3 Å². The Bertz CT molecular complexity index is 431. The van der Waals surface area contributed by atoms with Gasteiger partial charge in [-0.15, -0.1) is 0 Å². The van der Waals surface area contributed by atoms with E-state index in [2.05, 4.69) is 10.6 Å². The van der Waals surface area contributed by atoms with Crippen molar-refractivity contribution in [2.24, 2.45) is 0 Å². The molecule has 1 amide bonds. The van der Waals surface area contributed by atoms with E-state index in [1.54, 1.807) is 19.2 Å². The standard InChI is InChI=1S/C15H24N2O3/c1-4-15(19,5-2)11-16-10-14(18)17-12-8-6-7-9-13(12)20-3/h6-9,16,19H,4-5,10-11H2,1-3H3,(H,17,18). The topological polar surface area (TPSA) is 70.6 Å². The minimum absolute atomic E-state index is 0.153. The summed E-state index contributed by atoms with van der Waals surface area (Å²) in [6.45, 7) is 4.42. The fourth-order valence-electron chi connectivity index (χ4n) is 1.85. The zero-order valence-electron chi connectivity index (χ0n) is 12.4. The Hall–Kier alpha value is -1.59. The van der Waals surface area contributed by atoms with Crippen LogP contribution in [0.5, 0.6) is 5.75 Å². The molecule has 0 unspecified atom stereocenters. The molecule has 5 heteroatoms. The number of hydrogen-bond donors (Lipinski definition) is 3. The molecule has 0 aliphatic carbocycles. The molecule has 0 aromatic heterocycles. The second-order valence-electron chi connectivity index (χ2n) is 4.78. The zero-order chi connectivity index (χ0) is 15.0. The summed E-state index contributed by atoms with van der Waals surface area (Å²) in [5.74, 6) is 0.462. The SMILES string of the molecule is CCC(O)(CC)CNCC(=O)Nc1ccccc1OC. The largest absolute Gasteiger partial charge is 0.495 e. The van der Waals surface area contributed by atoms with Crippen molar-refractivity contribution < 1.29 is 14.6 Å². The summed E-state index contributed by atoms with van der Waals surface area (Å²) in [7, 11) is 1.56. The smallest absolute Gasteiger partial charge is 0.238 e. The van der Waals surface area contributed by atoms with Crippen LogP contribution in [-0.2, 0) is 4.79 Å². The van der Waals surface area contributed by atoms with Crippen LogP contribution in [0.15, 0.2) is 24.3 Å². The van der Waals surface area contributed by atoms with Gasteiger partial charge in [-0.1, -0.05) is 26.0 Å². The van der Waals surface area contributed by atoms with Gasteiger partial charge in [-0.3, -0.25) is 4.79 Å². The van der Waals surface area contributed by atoms with Crippen LogP contribution in [0.1, 0.15) is 26.7 Å². The normalized spacial score (nSPS) is 11.2. The molecule has 0 radical (unpaired) electrons. The van der Waals surface area contributed by atoms with Gasteiger partial charge in [-0.2, -0.15) is 0 Å². The molecule has 0 fully saturated rings. The Morgan fingerprint density at radius 1 is 1.30 bits per heavy atom. The van der Waals surface area contributed by atoms with Crippen LogP contribution < -0.4 is 15.4 Å². The summed E-state index contributed by atoms with van der Waals surface area (Å²) < 4.78 is 5.16. The predicted molar refractivity (Wildman–Crippen MR) is 80.0 cm³/mol. The number of para-hydroxylation sites is 2. The fraction of sp³-hybridized carbons (Fsp3) is 0.533. The molecule has 112 valence electrons. The fourth-order valence-corrected chi connectivity index (χ4v) is 1.85. The maximum atomic E-state index is 11.8. The predicted octanol–water partition coefficient (Wildman–Crippen LogP) is 1.77. The van der Waals surface area contributed by atoms with Crippen molar-refractivity contribution in [1.29, 1.82) is 0 Å². The Morgan fingerprint density at radius 2 is 1.95 bits per heavy atom. The molecule has 5 nitrogen and oxygen atoms in total. The third-order valence-electron chi connectivity index (χ3n) is 3.44. The van der Waals surface area contributed by atoms with Crippen LogP contribution >= 0.6 is 0 Å². The van der Waals surface area contributed by atoms with E-state index in [0.29, 0.717) is 30.8 Å². The molecule has 0 aliphatic rings. The third-order valence-corrected chi connectivity index (χ3v) is 3.44. The van der Waals surface area contributed by atoms with Crippen molar-refractivity contribution in [2.75, 3.05) is 25.5 Å². The highest BCUT2D eigenvalue weighted by Gasteiger charge is 2.21. The number of aliphatic hydroxyl groups is 1. The molecular weight excluding hydrogens is 256 g/mol. The maximum Gasteiger partial charge on any atom is 0.238 e. The molecular formula is C15H24N2O3. The monoisotopic (exact) mass is 280 g/mol. The second kappa shape index (κ2) is 7.87. The van der Waals surface area contributed by atoms with E-state index in [1.807, 2.05) is 26.0 Å². The van der Waals surface area contributed by atoms with Gasteiger partial charge in [0.2, 0.25) is 5.91 Å². The van der Waals surface area contributed by atoms with Gasteiger partial charge in [0.15, 0.2) is 0 Å². The molecule has 0 saturated carbocycles. The first-order chi connectivity index (χ1) is 9.54. The Balaban J connectivity index is 2.44. The number of carbonyl (C=O) groups is 1. The number of anilines is 1. The number of hydrogen-bond acceptors (Lipinski definition) is 4. The first-order valence-corrected chi connectivity index (χ1v) is 6.90. The minimum Gasteiger partial charge on any atom is -0.495 e. The third kappa shape index (κ3) is 4.83. The highest BCUT2D eigenvalue weighted by Crippen LogP contribution is 2.22. The van der Waals surface area contributed by atoms with E-state index in [1.165, 1.54) is 0 Å². The molecule has 0 aliphatic heterocycles. The van der Waals surface area contributed by atoms with E-state index < -0.39 is 5.60 Å². The van der Waals surface area contributed by atoms with Gasteiger partial charge < -0.3 is 20.5 Å². The molecule has 1 aromatic carbocycles.